The summed E-state index contributed by atoms with van der Waals surface area (Å²) in [6.45, 7) is 6.67. The predicted molar refractivity (Wildman–Crippen MR) is 114 cm³/mol. The van der Waals surface area contributed by atoms with E-state index in [2.05, 4.69) is 22.2 Å². The summed E-state index contributed by atoms with van der Waals surface area (Å²) >= 11 is 0. The number of para-hydroxylation sites is 1. The van der Waals surface area contributed by atoms with Crippen LogP contribution in [0.5, 0.6) is 5.75 Å². The van der Waals surface area contributed by atoms with Crippen LogP contribution in [0.4, 0.5) is 13.2 Å². The molecule has 9 heteroatoms. The zero-order chi connectivity index (χ0) is 19.4. The van der Waals surface area contributed by atoms with Crippen LogP contribution in [0.15, 0.2) is 41.9 Å². The minimum Gasteiger partial charge on any atom is -0.489 e. The third kappa shape index (κ3) is 11.8. The third-order valence-electron chi connectivity index (χ3n) is 3.32. The number of hydrogen-bond acceptors (Lipinski definition) is 3. The number of guanidine groups is 1. The average molecular weight is 500 g/mol. The Hall–Kier alpha value is -1.49. The monoisotopic (exact) mass is 500 g/mol. The second kappa shape index (κ2) is 13.6. The van der Waals surface area contributed by atoms with Crippen LogP contribution in [0.1, 0.15) is 12.5 Å². The fourth-order valence-corrected chi connectivity index (χ4v) is 2.18. The molecule has 0 aromatic heterocycles. The number of rotatable bonds is 10. The molecule has 0 spiro atoms. The number of benzene rings is 1. The van der Waals surface area contributed by atoms with Crippen LogP contribution in [0.25, 0.3) is 0 Å². The fourth-order valence-electron chi connectivity index (χ4n) is 2.18. The molecule has 0 heterocycles. The van der Waals surface area contributed by atoms with Gasteiger partial charge in [-0.25, -0.2) is 4.99 Å². The van der Waals surface area contributed by atoms with E-state index < -0.39 is 12.7 Å². The first kappa shape index (κ1) is 25.5. The van der Waals surface area contributed by atoms with Crippen molar-refractivity contribution in [3.63, 3.8) is 0 Å². The Bertz CT molecular complexity index is 582. The van der Waals surface area contributed by atoms with E-state index in [1.54, 1.807) is 6.08 Å². The lowest BCUT2D eigenvalue weighted by molar-refractivity contribution is -0.142. The summed E-state index contributed by atoms with van der Waals surface area (Å²) in [5.41, 5.74) is 0.917. The molecule has 0 bridgehead atoms. The first-order chi connectivity index (χ1) is 12.4. The molecule has 0 aliphatic heterocycles. The predicted octanol–water partition coefficient (Wildman–Crippen LogP) is 3.42. The Morgan fingerprint density at radius 3 is 2.63 bits per heavy atom. The first-order valence-corrected chi connectivity index (χ1v) is 8.44. The van der Waals surface area contributed by atoms with Gasteiger partial charge >= 0.3 is 6.18 Å². The van der Waals surface area contributed by atoms with Crippen LogP contribution in [-0.4, -0.2) is 56.9 Å². The Morgan fingerprint density at radius 1 is 1.30 bits per heavy atom. The van der Waals surface area contributed by atoms with E-state index in [0.717, 1.165) is 11.3 Å². The number of halogens is 4. The fraction of sp³-hybridized carbons (Fsp3) is 0.500. The van der Waals surface area contributed by atoms with Crippen molar-refractivity contribution in [3.8, 4) is 5.75 Å². The van der Waals surface area contributed by atoms with Crippen molar-refractivity contribution in [3.05, 3.63) is 42.5 Å². The Kier molecular flexibility index (Phi) is 12.9. The molecule has 0 saturated carbocycles. The van der Waals surface area contributed by atoms with Crippen LogP contribution in [0, 0.1) is 0 Å². The molecule has 2 N–H and O–H groups in total. The largest absolute Gasteiger partial charge is 0.489 e. The van der Waals surface area contributed by atoms with E-state index in [1.165, 1.54) is 11.9 Å². The summed E-state index contributed by atoms with van der Waals surface area (Å²) in [6.07, 6.45) is -2.52. The summed E-state index contributed by atoms with van der Waals surface area (Å²) in [4.78, 5) is 5.69. The topological polar surface area (TPSA) is 48.9 Å². The van der Waals surface area contributed by atoms with Gasteiger partial charge in [0.05, 0.1) is 13.1 Å². The maximum atomic E-state index is 12.3. The summed E-state index contributed by atoms with van der Waals surface area (Å²) in [6, 6.07) is 7.56. The molecule has 0 aliphatic rings. The van der Waals surface area contributed by atoms with Crippen LogP contribution in [0.3, 0.4) is 0 Å². The van der Waals surface area contributed by atoms with Crippen molar-refractivity contribution in [2.45, 2.75) is 19.6 Å². The molecule has 0 saturated heterocycles. The molecular formula is C18H28F3IN4O. The number of likely N-dealkylation sites (N-methyl/N-ethyl adjacent to an activating group) is 1. The van der Waals surface area contributed by atoms with Crippen molar-refractivity contribution in [2.24, 2.45) is 4.99 Å². The summed E-state index contributed by atoms with van der Waals surface area (Å²) in [7, 11) is 1.44. The van der Waals surface area contributed by atoms with E-state index in [9.17, 15) is 13.2 Å². The molecule has 1 aromatic carbocycles. The number of alkyl halides is 3. The molecule has 0 fully saturated rings. The molecule has 27 heavy (non-hydrogen) atoms. The molecule has 5 nitrogen and oxygen atoms in total. The molecule has 0 unspecified atom stereocenters. The second-order valence-electron chi connectivity index (χ2n) is 5.68. The van der Waals surface area contributed by atoms with Crippen LogP contribution >= 0.6 is 24.0 Å². The van der Waals surface area contributed by atoms with Gasteiger partial charge in [-0.1, -0.05) is 30.9 Å². The van der Waals surface area contributed by atoms with Crippen LogP contribution in [-0.2, 0) is 6.54 Å². The van der Waals surface area contributed by atoms with Crippen molar-refractivity contribution < 1.29 is 17.9 Å². The average Bonchev–Trinajstić information content (AvgIpc) is 2.57. The third-order valence-corrected chi connectivity index (χ3v) is 3.32. The first-order valence-electron chi connectivity index (χ1n) is 8.44. The Labute approximate surface area is 176 Å². The van der Waals surface area contributed by atoms with Gasteiger partial charge in [0.25, 0.3) is 0 Å². The number of ether oxygens (including phenoxy) is 1. The van der Waals surface area contributed by atoms with Gasteiger partial charge < -0.3 is 15.4 Å². The number of hydrogen-bond donors (Lipinski definition) is 2. The molecule has 1 aromatic rings. The number of nitrogens with zero attached hydrogens (tertiary/aromatic N) is 2. The lowest BCUT2D eigenvalue weighted by Gasteiger charge is -2.19. The lowest BCUT2D eigenvalue weighted by Crippen LogP contribution is -2.42. The highest BCUT2D eigenvalue weighted by molar-refractivity contribution is 14.0. The van der Waals surface area contributed by atoms with E-state index in [0.29, 0.717) is 32.2 Å². The number of nitrogens with one attached hydrogen (secondary N) is 2. The van der Waals surface area contributed by atoms with Gasteiger partial charge in [-0.05, 0) is 20.0 Å². The maximum absolute atomic E-state index is 12.3. The summed E-state index contributed by atoms with van der Waals surface area (Å²) < 4.78 is 42.6. The minimum atomic E-state index is -4.19. The SMILES string of the molecule is C=CCOc1ccccc1CN=C(NCC)NCCN(C)CC(F)(F)F.I. The molecule has 0 amide bonds. The van der Waals surface area contributed by atoms with Crippen molar-refractivity contribution in [2.75, 3.05) is 39.8 Å². The van der Waals surface area contributed by atoms with E-state index in [-0.39, 0.29) is 30.5 Å². The van der Waals surface area contributed by atoms with E-state index in [1.807, 2.05) is 31.2 Å². The molecule has 0 atom stereocenters. The lowest BCUT2D eigenvalue weighted by atomic mass is 10.2. The molecular weight excluding hydrogens is 472 g/mol. The summed E-state index contributed by atoms with van der Waals surface area (Å²) in [5, 5.41) is 6.12. The Balaban J connectivity index is 0.00000676. The van der Waals surface area contributed by atoms with Gasteiger partial charge in [0.2, 0.25) is 0 Å². The minimum absolute atomic E-state index is 0. The zero-order valence-electron chi connectivity index (χ0n) is 15.7. The normalized spacial score (nSPS) is 11.7. The second-order valence-corrected chi connectivity index (χ2v) is 5.68. The van der Waals surface area contributed by atoms with Crippen molar-refractivity contribution in [1.82, 2.24) is 15.5 Å². The van der Waals surface area contributed by atoms with Gasteiger partial charge in [0.15, 0.2) is 5.96 Å². The molecule has 0 radical (unpaired) electrons. The maximum Gasteiger partial charge on any atom is 0.401 e. The molecule has 154 valence electrons. The zero-order valence-corrected chi connectivity index (χ0v) is 18.0. The van der Waals surface area contributed by atoms with Crippen molar-refractivity contribution in [1.29, 1.82) is 0 Å². The van der Waals surface area contributed by atoms with E-state index in [4.69, 9.17) is 4.74 Å². The van der Waals surface area contributed by atoms with Gasteiger partial charge in [-0.2, -0.15) is 13.2 Å². The van der Waals surface area contributed by atoms with Crippen LogP contribution < -0.4 is 15.4 Å². The highest BCUT2D eigenvalue weighted by Gasteiger charge is 2.28. The highest BCUT2D eigenvalue weighted by Crippen LogP contribution is 2.18. The standard InChI is InChI=1S/C18H27F3N4O.HI/c1-4-12-26-16-9-7-6-8-15(16)13-24-17(22-5-2)23-10-11-25(3)14-18(19,20)21;/h4,6-9H,1,5,10-14H2,2-3H3,(H2,22,23,24);1H. The van der Waals surface area contributed by atoms with Crippen molar-refractivity contribution >= 4 is 29.9 Å². The smallest absolute Gasteiger partial charge is 0.401 e. The van der Waals surface area contributed by atoms with Gasteiger partial charge in [-0.3, -0.25) is 4.90 Å². The molecule has 1 rings (SSSR count). The van der Waals surface area contributed by atoms with Gasteiger partial charge in [0, 0.05) is 25.2 Å². The van der Waals surface area contributed by atoms with E-state index >= 15 is 0 Å². The number of aliphatic imine (C=N–C) groups is 1. The summed E-state index contributed by atoms with van der Waals surface area (Å²) in [5.74, 6) is 1.28. The Morgan fingerprint density at radius 2 is 2.00 bits per heavy atom. The molecule has 0 aliphatic carbocycles. The van der Waals surface area contributed by atoms with Crippen LogP contribution in [0.2, 0.25) is 0 Å². The van der Waals surface area contributed by atoms with Gasteiger partial charge in [0.1, 0.15) is 12.4 Å². The van der Waals surface area contributed by atoms with Gasteiger partial charge in [-0.15, -0.1) is 24.0 Å². The quantitative estimate of drug-likeness (QED) is 0.224. The highest BCUT2D eigenvalue weighted by atomic mass is 127.